The van der Waals surface area contributed by atoms with E-state index in [1.165, 1.54) is 11.8 Å². The van der Waals surface area contributed by atoms with Crippen LogP contribution in [-0.2, 0) is 4.79 Å². The van der Waals surface area contributed by atoms with Crippen LogP contribution in [0.25, 0.3) is 28.0 Å². The summed E-state index contributed by atoms with van der Waals surface area (Å²) in [7, 11) is 0. The standard InChI is InChI=1S/C24H26ClN5OS/c1-15(2)29(16(3)4)22(31)14-32-24-28-27-23(30(24)18-11-9-17(25)10-12-18)20-13-26-21-8-6-5-7-19(20)21/h5-13,15-16,26H,14H2,1-4H3. The minimum absolute atomic E-state index is 0.0827. The van der Waals surface area contributed by atoms with Gasteiger partial charge in [-0.3, -0.25) is 9.36 Å². The maximum absolute atomic E-state index is 12.9. The fourth-order valence-corrected chi connectivity index (χ4v) is 4.94. The summed E-state index contributed by atoms with van der Waals surface area (Å²) in [4.78, 5) is 18.1. The Hall–Kier alpha value is -2.77. The number of aromatic nitrogens is 4. The van der Waals surface area contributed by atoms with Crippen LogP contribution in [0, 0.1) is 0 Å². The van der Waals surface area contributed by atoms with Gasteiger partial charge in [0.1, 0.15) is 0 Å². The van der Waals surface area contributed by atoms with E-state index >= 15 is 0 Å². The number of H-pyrrole nitrogens is 1. The molecule has 1 N–H and O–H groups in total. The zero-order valence-electron chi connectivity index (χ0n) is 18.5. The molecule has 1 amide bonds. The molecule has 0 unspecified atom stereocenters. The largest absolute Gasteiger partial charge is 0.360 e. The third kappa shape index (κ3) is 4.40. The molecule has 0 bridgehead atoms. The predicted molar refractivity (Wildman–Crippen MR) is 132 cm³/mol. The molecule has 4 aromatic rings. The predicted octanol–water partition coefficient (Wildman–Crippen LogP) is 5.81. The average Bonchev–Trinajstić information content (AvgIpc) is 3.36. The molecule has 0 aliphatic heterocycles. The monoisotopic (exact) mass is 467 g/mol. The number of aromatic amines is 1. The van der Waals surface area contributed by atoms with E-state index in [0.29, 0.717) is 16.0 Å². The Morgan fingerprint density at radius 2 is 1.75 bits per heavy atom. The topological polar surface area (TPSA) is 66.8 Å². The van der Waals surface area contributed by atoms with Crippen molar-refractivity contribution in [3.63, 3.8) is 0 Å². The number of fused-ring (bicyclic) bond motifs is 1. The number of carbonyl (C=O) groups excluding carboxylic acids is 1. The number of nitrogens with one attached hydrogen (secondary N) is 1. The molecule has 0 radical (unpaired) electrons. The number of nitrogens with zero attached hydrogens (tertiary/aromatic N) is 4. The molecule has 2 heterocycles. The van der Waals surface area contributed by atoms with Gasteiger partial charge in [-0.25, -0.2) is 0 Å². The smallest absolute Gasteiger partial charge is 0.233 e. The van der Waals surface area contributed by atoms with Crippen LogP contribution in [0.5, 0.6) is 0 Å². The van der Waals surface area contributed by atoms with Crippen molar-refractivity contribution in [1.29, 1.82) is 0 Å². The lowest BCUT2D eigenvalue weighted by Crippen LogP contribution is -2.43. The summed E-state index contributed by atoms with van der Waals surface area (Å²) in [5.41, 5.74) is 2.87. The van der Waals surface area contributed by atoms with Gasteiger partial charge in [-0.2, -0.15) is 0 Å². The van der Waals surface area contributed by atoms with E-state index in [1.54, 1.807) is 0 Å². The van der Waals surface area contributed by atoms with Crippen molar-refractivity contribution in [2.45, 2.75) is 44.9 Å². The molecule has 0 saturated carbocycles. The van der Waals surface area contributed by atoms with Crippen molar-refractivity contribution in [2.24, 2.45) is 0 Å². The number of hydrogen-bond donors (Lipinski definition) is 1. The second-order valence-electron chi connectivity index (χ2n) is 8.14. The highest BCUT2D eigenvalue weighted by molar-refractivity contribution is 7.99. The molecular weight excluding hydrogens is 442 g/mol. The molecule has 0 atom stereocenters. The van der Waals surface area contributed by atoms with Gasteiger partial charge in [-0.05, 0) is 58.0 Å². The van der Waals surface area contributed by atoms with Crippen LogP contribution in [0.15, 0.2) is 59.9 Å². The van der Waals surface area contributed by atoms with E-state index in [0.717, 1.165) is 22.2 Å². The van der Waals surface area contributed by atoms with Gasteiger partial charge < -0.3 is 9.88 Å². The van der Waals surface area contributed by atoms with Crippen molar-refractivity contribution in [2.75, 3.05) is 5.75 Å². The number of rotatable bonds is 7. The van der Waals surface area contributed by atoms with E-state index in [1.807, 2.05) is 85.8 Å². The first-order valence-corrected chi connectivity index (χ1v) is 11.9. The van der Waals surface area contributed by atoms with Gasteiger partial charge in [0, 0.05) is 45.5 Å². The summed E-state index contributed by atoms with van der Waals surface area (Å²) < 4.78 is 1.99. The number of para-hydroxylation sites is 1. The van der Waals surface area contributed by atoms with Crippen LogP contribution in [0.4, 0.5) is 0 Å². The van der Waals surface area contributed by atoms with Crippen LogP contribution in [0.3, 0.4) is 0 Å². The highest BCUT2D eigenvalue weighted by Gasteiger charge is 2.23. The Bertz CT molecular complexity index is 1220. The molecule has 0 spiro atoms. The SMILES string of the molecule is CC(C)N(C(=O)CSc1nnc(-c2c[nH]c3ccccc23)n1-c1ccc(Cl)cc1)C(C)C. The third-order valence-electron chi connectivity index (χ3n) is 5.27. The molecule has 166 valence electrons. The Balaban J connectivity index is 1.73. The first kappa shape index (κ1) is 22.4. The van der Waals surface area contributed by atoms with Crippen molar-refractivity contribution < 1.29 is 4.79 Å². The molecule has 0 fully saturated rings. The zero-order valence-corrected chi connectivity index (χ0v) is 20.1. The van der Waals surface area contributed by atoms with E-state index < -0.39 is 0 Å². The highest BCUT2D eigenvalue weighted by atomic mass is 35.5. The summed E-state index contributed by atoms with van der Waals surface area (Å²) in [6.45, 7) is 8.14. The molecule has 0 aliphatic rings. The van der Waals surface area contributed by atoms with E-state index in [4.69, 9.17) is 11.6 Å². The van der Waals surface area contributed by atoms with Crippen molar-refractivity contribution in [1.82, 2.24) is 24.6 Å². The quantitative estimate of drug-likeness (QED) is 0.348. The number of hydrogen-bond acceptors (Lipinski definition) is 4. The number of amides is 1. The lowest BCUT2D eigenvalue weighted by atomic mass is 10.1. The molecule has 32 heavy (non-hydrogen) atoms. The average molecular weight is 468 g/mol. The van der Waals surface area contributed by atoms with Crippen LogP contribution in [-0.4, -0.2) is 48.4 Å². The summed E-state index contributed by atoms with van der Waals surface area (Å²) in [6.07, 6.45) is 1.94. The minimum Gasteiger partial charge on any atom is -0.360 e. The molecule has 2 aromatic carbocycles. The zero-order chi connectivity index (χ0) is 22.8. The molecule has 6 nitrogen and oxygen atoms in total. The summed E-state index contributed by atoms with van der Waals surface area (Å²) in [6, 6.07) is 15.9. The maximum atomic E-state index is 12.9. The first-order chi connectivity index (χ1) is 15.4. The van der Waals surface area contributed by atoms with Gasteiger partial charge in [0.05, 0.1) is 5.75 Å². The molecule has 2 aromatic heterocycles. The second-order valence-corrected chi connectivity index (χ2v) is 9.52. The number of benzene rings is 2. The van der Waals surface area contributed by atoms with Crippen molar-refractivity contribution in [3.8, 4) is 17.1 Å². The van der Waals surface area contributed by atoms with E-state index in [-0.39, 0.29) is 23.7 Å². The fourth-order valence-electron chi connectivity index (χ4n) is 3.99. The first-order valence-electron chi connectivity index (χ1n) is 10.6. The highest BCUT2D eigenvalue weighted by Crippen LogP contribution is 2.33. The maximum Gasteiger partial charge on any atom is 0.233 e. The number of carbonyl (C=O) groups is 1. The van der Waals surface area contributed by atoms with Crippen LogP contribution in [0.1, 0.15) is 27.7 Å². The lowest BCUT2D eigenvalue weighted by Gasteiger charge is -2.30. The Morgan fingerprint density at radius 1 is 1.06 bits per heavy atom. The molecule has 4 rings (SSSR count). The van der Waals surface area contributed by atoms with Gasteiger partial charge >= 0.3 is 0 Å². The summed E-state index contributed by atoms with van der Waals surface area (Å²) in [5, 5.41) is 11.4. The van der Waals surface area contributed by atoms with Crippen molar-refractivity contribution in [3.05, 3.63) is 59.8 Å². The van der Waals surface area contributed by atoms with Crippen molar-refractivity contribution >= 4 is 40.2 Å². The Labute approximate surface area is 197 Å². The lowest BCUT2D eigenvalue weighted by molar-refractivity contribution is -0.131. The number of halogens is 1. The third-order valence-corrected chi connectivity index (χ3v) is 6.44. The van der Waals surface area contributed by atoms with Gasteiger partial charge in [0.2, 0.25) is 5.91 Å². The van der Waals surface area contributed by atoms with Gasteiger partial charge in [0.25, 0.3) is 0 Å². The van der Waals surface area contributed by atoms with Crippen LogP contribution >= 0.6 is 23.4 Å². The molecule has 0 saturated heterocycles. The normalized spacial score (nSPS) is 11.6. The van der Waals surface area contributed by atoms with Gasteiger partial charge in [-0.1, -0.05) is 41.6 Å². The minimum atomic E-state index is 0.0827. The van der Waals surface area contributed by atoms with Gasteiger partial charge in [0.15, 0.2) is 11.0 Å². The van der Waals surface area contributed by atoms with E-state index in [9.17, 15) is 4.79 Å². The second kappa shape index (κ2) is 9.38. The van der Waals surface area contributed by atoms with Gasteiger partial charge in [-0.15, -0.1) is 10.2 Å². The van der Waals surface area contributed by atoms with E-state index in [2.05, 4.69) is 21.2 Å². The molecular formula is C24H26ClN5OS. The fraction of sp³-hybridized carbons (Fsp3) is 0.292. The van der Waals surface area contributed by atoms with Crippen LogP contribution in [0.2, 0.25) is 5.02 Å². The Morgan fingerprint density at radius 3 is 2.44 bits per heavy atom. The Kier molecular flexibility index (Phi) is 6.58. The summed E-state index contributed by atoms with van der Waals surface area (Å²) in [5.74, 6) is 1.08. The molecule has 0 aliphatic carbocycles. The summed E-state index contributed by atoms with van der Waals surface area (Å²) >= 11 is 7.52. The van der Waals surface area contributed by atoms with Crippen LogP contribution < -0.4 is 0 Å². The number of thioether (sulfide) groups is 1. The molecule has 8 heteroatoms.